The normalized spacial score (nSPS) is 27.2. The van der Waals surface area contributed by atoms with Gasteiger partial charge in [0.1, 0.15) is 16.7 Å². The van der Waals surface area contributed by atoms with E-state index < -0.39 is 11.0 Å². The van der Waals surface area contributed by atoms with E-state index in [1.54, 1.807) is 31.6 Å². The van der Waals surface area contributed by atoms with Crippen LogP contribution in [0.2, 0.25) is 0 Å². The number of hydrogen-bond acceptors (Lipinski definition) is 6. The van der Waals surface area contributed by atoms with Crippen LogP contribution in [0.25, 0.3) is 11.1 Å². The molecular formula is C25H20N4O2S. The number of likely N-dealkylation sites (N-methyl/N-ethyl adjacent to an activating group) is 1. The minimum atomic E-state index is -0.733. The molecule has 1 amide bonds. The van der Waals surface area contributed by atoms with Crippen LogP contribution in [0, 0.1) is 17.2 Å². The molecule has 32 heavy (non-hydrogen) atoms. The number of carbonyl (C=O) groups excluding carboxylic acids is 1. The fourth-order valence-electron chi connectivity index (χ4n) is 5.79. The zero-order chi connectivity index (χ0) is 22.3. The number of aliphatic imine (C=N–C) groups is 1. The van der Waals surface area contributed by atoms with E-state index in [0.717, 1.165) is 39.3 Å². The SMILES string of the molecule is COc1ccc2c(c1)CC1[C@]3(c4cc(-c5cccc(C#N)c5)cs4)N=C(N)N(C)C(=O)[C@@]213. The predicted molar refractivity (Wildman–Crippen MR) is 122 cm³/mol. The third-order valence-corrected chi connectivity index (χ3v) is 8.34. The number of carbonyl (C=O) groups is 1. The van der Waals surface area contributed by atoms with E-state index in [1.165, 1.54) is 4.90 Å². The number of amides is 1. The molecule has 0 radical (unpaired) electrons. The van der Waals surface area contributed by atoms with Gasteiger partial charge in [0.05, 0.1) is 18.7 Å². The topological polar surface area (TPSA) is 91.7 Å². The van der Waals surface area contributed by atoms with Crippen molar-refractivity contribution in [3.05, 3.63) is 75.5 Å². The van der Waals surface area contributed by atoms with Crippen molar-refractivity contribution in [3.8, 4) is 22.9 Å². The zero-order valence-corrected chi connectivity index (χ0v) is 18.4. The van der Waals surface area contributed by atoms with Crippen LogP contribution in [0.3, 0.4) is 0 Å². The van der Waals surface area contributed by atoms with Crippen LogP contribution in [-0.4, -0.2) is 30.9 Å². The van der Waals surface area contributed by atoms with Gasteiger partial charge >= 0.3 is 0 Å². The van der Waals surface area contributed by atoms with Gasteiger partial charge in [-0.2, -0.15) is 5.26 Å². The van der Waals surface area contributed by atoms with Gasteiger partial charge in [0.15, 0.2) is 5.96 Å². The summed E-state index contributed by atoms with van der Waals surface area (Å²) in [7, 11) is 3.35. The van der Waals surface area contributed by atoms with Gasteiger partial charge in [0.2, 0.25) is 5.91 Å². The molecule has 6 nitrogen and oxygen atoms in total. The van der Waals surface area contributed by atoms with E-state index in [1.807, 2.05) is 36.4 Å². The lowest BCUT2D eigenvalue weighted by Crippen LogP contribution is -2.51. The molecule has 1 fully saturated rings. The number of fused-ring (bicyclic) bond motifs is 2. The van der Waals surface area contributed by atoms with Gasteiger partial charge in [-0.25, -0.2) is 4.99 Å². The zero-order valence-electron chi connectivity index (χ0n) is 17.6. The van der Waals surface area contributed by atoms with Gasteiger partial charge in [-0.3, -0.25) is 9.69 Å². The number of rotatable bonds is 3. The fourth-order valence-corrected chi connectivity index (χ4v) is 6.98. The molecule has 3 aromatic rings. The van der Waals surface area contributed by atoms with Crippen LogP contribution >= 0.6 is 11.3 Å². The van der Waals surface area contributed by atoms with Crippen LogP contribution in [0.5, 0.6) is 5.75 Å². The van der Waals surface area contributed by atoms with E-state index in [4.69, 9.17) is 15.5 Å². The summed E-state index contributed by atoms with van der Waals surface area (Å²) in [5, 5.41) is 11.3. The van der Waals surface area contributed by atoms with Crippen molar-refractivity contribution in [1.29, 1.82) is 5.26 Å². The quantitative estimate of drug-likeness (QED) is 0.676. The van der Waals surface area contributed by atoms with Gasteiger partial charge < -0.3 is 10.5 Å². The third-order valence-electron chi connectivity index (χ3n) is 7.28. The second-order valence-corrected chi connectivity index (χ2v) is 9.49. The molecule has 1 unspecified atom stereocenters. The maximum absolute atomic E-state index is 13.7. The Balaban J connectivity index is 1.52. The highest BCUT2D eigenvalue weighted by atomic mass is 32.1. The first-order valence-electron chi connectivity index (χ1n) is 10.4. The number of methoxy groups -OCH3 is 1. The summed E-state index contributed by atoms with van der Waals surface area (Å²) in [4.78, 5) is 21.2. The minimum Gasteiger partial charge on any atom is -0.497 e. The third kappa shape index (κ3) is 2.08. The molecule has 0 bridgehead atoms. The maximum atomic E-state index is 13.7. The Hall–Kier alpha value is -3.63. The van der Waals surface area contributed by atoms with Crippen LogP contribution in [0.15, 0.2) is 58.9 Å². The second-order valence-electron chi connectivity index (χ2n) is 8.58. The first-order valence-corrected chi connectivity index (χ1v) is 11.3. The van der Waals surface area contributed by atoms with Crippen LogP contribution in [0.4, 0.5) is 0 Å². The Labute approximate surface area is 189 Å². The van der Waals surface area contributed by atoms with E-state index in [-0.39, 0.29) is 17.8 Å². The molecule has 1 aliphatic heterocycles. The molecule has 2 aromatic carbocycles. The smallest absolute Gasteiger partial charge is 0.242 e. The van der Waals surface area contributed by atoms with Crippen molar-refractivity contribution in [2.75, 3.05) is 14.2 Å². The summed E-state index contributed by atoms with van der Waals surface area (Å²) in [5.74, 6) is 1.07. The Morgan fingerprint density at radius 3 is 2.88 bits per heavy atom. The predicted octanol–water partition coefficient (Wildman–Crippen LogP) is 3.40. The minimum absolute atomic E-state index is 0.000319. The summed E-state index contributed by atoms with van der Waals surface area (Å²) < 4.78 is 5.41. The van der Waals surface area contributed by atoms with Crippen molar-refractivity contribution in [2.24, 2.45) is 16.6 Å². The average Bonchev–Trinajstić information content (AvgIpc) is 3.17. The van der Waals surface area contributed by atoms with Crippen molar-refractivity contribution >= 4 is 23.2 Å². The summed E-state index contributed by atoms with van der Waals surface area (Å²) in [6, 6.07) is 17.8. The van der Waals surface area contributed by atoms with Crippen molar-refractivity contribution in [2.45, 2.75) is 17.4 Å². The van der Waals surface area contributed by atoms with Gasteiger partial charge in [-0.05, 0) is 64.4 Å². The van der Waals surface area contributed by atoms with Gasteiger partial charge in [0, 0.05) is 17.8 Å². The number of nitrogens with zero attached hydrogens (tertiary/aromatic N) is 3. The summed E-state index contributed by atoms with van der Waals surface area (Å²) >= 11 is 1.60. The molecule has 3 aliphatic rings. The maximum Gasteiger partial charge on any atom is 0.242 e. The van der Waals surface area contributed by atoms with Crippen molar-refractivity contribution in [1.82, 2.24) is 4.90 Å². The summed E-state index contributed by atoms with van der Waals surface area (Å²) in [5.41, 5.74) is 9.60. The Kier molecular flexibility index (Phi) is 3.70. The first-order chi connectivity index (χ1) is 15.5. The van der Waals surface area contributed by atoms with Crippen molar-refractivity contribution < 1.29 is 9.53 Å². The standard InChI is InChI=1S/C25H20N4O2S/c1-29-22(30)24-19-7-6-18(31-2)9-16(19)10-20(24)25(24,28-23(29)27)21-11-17(13-32-21)15-5-3-4-14(8-15)12-26/h3-9,11,13,20H,10H2,1-2H3,(H2,27,28)/t20?,24-,25-/m1/s1. The van der Waals surface area contributed by atoms with Gasteiger partial charge in [-0.1, -0.05) is 18.2 Å². The molecule has 3 atom stereocenters. The Morgan fingerprint density at radius 1 is 1.25 bits per heavy atom. The molecule has 2 heterocycles. The van der Waals surface area contributed by atoms with Crippen LogP contribution < -0.4 is 10.5 Å². The Morgan fingerprint density at radius 2 is 2.09 bits per heavy atom. The van der Waals surface area contributed by atoms with E-state index in [2.05, 4.69) is 17.5 Å². The Bertz CT molecular complexity index is 1390. The molecular weight excluding hydrogens is 420 g/mol. The fraction of sp³-hybridized carbons (Fsp3) is 0.240. The van der Waals surface area contributed by atoms with E-state index >= 15 is 0 Å². The highest BCUT2D eigenvalue weighted by Gasteiger charge is 2.87. The molecule has 1 spiro atoms. The number of hydrogen-bond donors (Lipinski definition) is 1. The molecule has 2 aliphatic carbocycles. The summed E-state index contributed by atoms with van der Waals surface area (Å²) in [6.07, 6.45) is 0.750. The monoisotopic (exact) mass is 440 g/mol. The van der Waals surface area contributed by atoms with Crippen molar-refractivity contribution in [3.63, 3.8) is 0 Å². The first kappa shape index (κ1) is 19.1. The van der Waals surface area contributed by atoms with Gasteiger partial charge in [-0.15, -0.1) is 11.3 Å². The van der Waals surface area contributed by atoms with E-state index in [9.17, 15) is 10.1 Å². The molecule has 1 saturated carbocycles. The lowest BCUT2D eigenvalue weighted by atomic mass is 9.85. The molecule has 0 saturated heterocycles. The molecule has 7 heteroatoms. The summed E-state index contributed by atoms with van der Waals surface area (Å²) in [6.45, 7) is 0. The molecule has 2 N–H and O–H groups in total. The highest BCUT2D eigenvalue weighted by molar-refractivity contribution is 7.10. The van der Waals surface area contributed by atoms with Crippen LogP contribution in [0.1, 0.15) is 21.6 Å². The highest BCUT2D eigenvalue weighted by Crippen LogP contribution is 2.78. The number of guanidine groups is 1. The molecule has 1 aromatic heterocycles. The van der Waals surface area contributed by atoms with E-state index in [0.29, 0.717) is 5.56 Å². The largest absolute Gasteiger partial charge is 0.497 e. The number of nitriles is 1. The number of nitrogens with two attached hydrogens (primary N) is 1. The molecule has 158 valence electrons. The number of ether oxygens (including phenoxy) is 1. The lowest BCUT2D eigenvalue weighted by Gasteiger charge is -2.32. The lowest BCUT2D eigenvalue weighted by molar-refractivity contribution is -0.130. The number of benzene rings is 2. The number of thiophene rings is 1. The second kappa shape index (κ2) is 6.21. The average molecular weight is 441 g/mol. The van der Waals surface area contributed by atoms with Crippen LogP contribution in [-0.2, 0) is 22.2 Å². The molecule has 6 rings (SSSR count). The van der Waals surface area contributed by atoms with Gasteiger partial charge in [0.25, 0.3) is 0 Å².